The highest BCUT2D eigenvalue weighted by Crippen LogP contribution is 2.04. The maximum Gasteiger partial charge on any atom is 0.222 e. The zero-order valence-corrected chi connectivity index (χ0v) is 10.5. The molecule has 0 radical (unpaired) electrons. The highest BCUT2D eigenvalue weighted by Gasteiger charge is 2.13. The lowest BCUT2D eigenvalue weighted by Crippen LogP contribution is -2.42. The van der Waals surface area contributed by atoms with Crippen LogP contribution in [0, 0.1) is 5.92 Å². The molecule has 4 heteroatoms. The number of hydrogen-bond donors (Lipinski definition) is 1. The monoisotopic (exact) mass is 228 g/mol. The zero-order chi connectivity index (χ0) is 11.8. The summed E-state index contributed by atoms with van der Waals surface area (Å²) in [5.74, 6) is 0.338. The Bertz CT molecular complexity index is 203. The molecular weight excluding hydrogens is 204 g/mol. The van der Waals surface area contributed by atoms with E-state index in [4.69, 9.17) is 4.74 Å². The van der Waals surface area contributed by atoms with E-state index in [9.17, 15) is 4.79 Å². The summed E-state index contributed by atoms with van der Waals surface area (Å²) >= 11 is 0. The van der Waals surface area contributed by atoms with Crippen LogP contribution in [0.5, 0.6) is 0 Å². The Morgan fingerprint density at radius 2 is 2.12 bits per heavy atom. The van der Waals surface area contributed by atoms with Gasteiger partial charge in [-0.25, -0.2) is 0 Å². The standard InChI is InChI=1S/C12H24N2O2/c1-3-4-11(2)12(15)13-5-6-14-7-9-16-10-8-14/h11H,3-10H2,1-2H3,(H,13,15). The SMILES string of the molecule is CCCC(C)C(=O)NCCN1CCOCC1. The van der Waals surface area contributed by atoms with Crippen LogP contribution in [-0.4, -0.2) is 50.2 Å². The maximum absolute atomic E-state index is 11.6. The van der Waals surface area contributed by atoms with Crippen LogP contribution in [0.3, 0.4) is 0 Å². The van der Waals surface area contributed by atoms with Gasteiger partial charge >= 0.3 is 0 Å². The lowest BCUT2D eigenvalue weighted by atomic mass is 10.1. The molecule has 1 unspecified atom stereocenters. The molecule has 16 heavy (non-hydrogen) atoms. The summed E-state index contributed by atoms with van der Waals surface area (Å²) in [7, 11) is 0. The summed E-state index contributed by atoms with van der Waals surface area (Å²) in [5, 5.41) is 2.99. The van der Waals surface area contributed by atoms with Crippen LogP contribution >= 0.6 is 0 Å². The zero-order valence-electron chi connectivity index (χ0n) is 10.5. The van der Waals surface area contributed by atoms with Crippen LogP contribution in [-0.2, 0) is 9.53 Å². The number of nitrogens with one attached hydrogen (secondary N) is 1. The first-order chi connectivity index (χ1) is 7.74. The van der Waals surface area contributed by atoms with E-state index in [1.165, 1.54) is 0 Å². The van der Waals surface area contributed by atoms with Gasteiger partial charge in [-0.15, -0.1) is 0 Å². The fraction of sp³-hybridized carbons (Fsp3) is 0.917. The average molecular weight is 228 g/mol. The molecule has 1 rings (SSSR count). The van der Waals surface area contributed by atoms with Gasteiger partial charge in [0.15, 0.2) is 0 Å². The fourth-order valence-corrected chi connectivity index (χ4v) is 1.90. The number of carbonyl (C=O) groups excluding carboxylic acids is 1. The van der Waals surface area contributed by atoms with Gasteiger partial charge < -0.3 is 10.1 Å². The summed E-state index contributed by atoms with van der Waals surface area (Å²) in [6.45, 7) is 9.41. The number of rotatable bonds is 6. The third-order valence-corrected chi connectivity index (χ3v) is 3.00. The molecule has 1 aliphatic heterocycles. The Morgan fingerprint density at radius 3 is 2.75 bits per heavy atom. The van der Waals surface area contributed by atoms with Crippen molar-refractivity contribution in [1.82, 2.24) is 10.2 Å². The Kier molecular flexibility index (Phi) is 6.42. The first-order valence-corrected chi connectivity index (χ1v) is 6.32. The molecule has 1 saturated heterocycles. The van der Waals surface area contributed by atoms with Crippen molar-refractivity contribution in [1.29, 1.82) is 0 Å². The van der Waals surface area contributed by atoms with Crippen molar-refractivity contribution < 1.29 is 9.53 Å². The molecule has 1 aliphatic rings. The molecular formula is C12H24N2O2. The quantitative estimate of drug-likeness (QED) is 0.733. The van der Waals surface area contributed by atoms with E-state index < -0.39 is 0 Å². The summed E-state index contributed by atoms with van der Waals surface area (Å²) < 4.78 is 5.27. The second-order valence-electron chi connectivity index (χ2n) is 4.43. The summed E-state index contributed by atoms with van der Waals surface area (Å²) in [6, 6.07) is 0. The number of morpholine rings is 1. The van der Waals surface area contributed by atoms with E-state index >= 15 is 0 Å². The van der Waals surface area contributed by atoms with Crippen molar-refractivity contribution >= 4 is 5.91 Å². The molecule has 94 valence electrons. The van der Waals surface area contributed by atoms with E-state index in [2.05, 4.69) is 17.1 Å². The first kappa shape index (κ1) is 13.5. The summed E-state index contributed by atoms with van der Waals surface area (Å²) in [6.07, 6.45) is 2.04. The second-order valence-corrected chi connectivity index (χ2v) is 4.43. The highest BCUT2D eigenvalue weighted by atomic mass is 16.5. The molecule has 0 spiro atoms. The number of ether oxygens (including phenoxy) is 1. The molecule has 0 aliphatic carbocycles. The van der Waals surface area contributed by atoms with E-state index in [1.807, 2.05) is 6.92 Å². The molecule has 0 saturated carbocycles. The Balaban J connectivity index is 2.07. The minimum Gasteiger partial charge on any atom is -0.379 e. The van der Waals surface area contributed by atoms with Crippen LogP contribution < -0.4 is 5.32 Å². The van der Waals surface area contributed by atoms with Gasteiger partial charge in [0.05, 0.1) is 13.2 Å². The van der Waals surface area contributed by atoms with Gasteiger partial charge in [-0.3, -0.25) is 9.69 Å². The van der Waals surface area contributed by atoms with Crippen molar-refractivity contribution in [3.63, 3.8) is 0 Å². The van der Waals surface area contributed by atoms with Gasteiger partial charge in [-0.05, 0) is 6.42 Å². The van der Waals surface area contributed by atoms with Crippen LogP contribution in [0.2, 0.25) is 0 Å². The van der Waals surface area contributed by atoms with E-state index in [0.717, 1.165) is 52.2 Å². The predicted octanol–water partition coefficient (Wildman–Crippen LogP) is 0.871. The number of nitrogens with zero attached hydrogens (tertiary/aromatic N) is 1. The van der Waals surface area contributed by atoms with Crippen LogP contribution in [0.25, 0.3) is 0 Å². The third kappa shape index (κ3) is 4.94. The Hall–Kier alpha value is -0.610. The number of hydrogen-bond acceptors (Lipinski definition) is 3. The molecule has 0 aromatic carbocycles. The van der Waals surface area contributed by atoms with E-state index in [0.29, 0.717) is 0 Å². The van der Waals surface area contributed by atoms with E-state index in [1.54, 1.807) is 0 Å². The summed E-state index contributed by atoms with van der Waals surface area (Å²) in [4.78, 5) is 13.9. The lowest BCUT2D eigenvalue weighted by molar-refractivity contribution is -0.124. The third-order valence-electron chi connectivity index (χ3n) is 3.00. The van der Waals surface area contributed by atoms with Gasteiger partial charge in [-0.2, -0.15) is 0 Å². The van der Waals surface area contributed by atoms with Gasteiger partial charge in [0.2, 0.25) is 5.91 Å². The highest BCUT2D eigenvalue weighted by molar-refractivity contribution is 5.78. The van der Waals surface area contributed by atoms with Crippen LogP contribution in [0.4, 0.5) is 0 Å². The largest absolute Gasteiger partial charge is 0.379 e. The molecule has 4 nitrogen and oxygen atoms in total. The molecule has 0 aromatic rings. The molecule has 1 N–H and O–H groups in total. The first-order valence-electron chi connectivity index (χ1n) is 6.32. The normalized spacial score (nSPS) is 19.4. The fourth-order valence-electron chi connectivity index (χ4n) is 1.90. The molecule has 0 aromatic heterocycles. The summed E-state index contributed by atoms with van der Waals surface area (Å²) in [5.41, 5.74) is 0. The lowest BCUT2D eigenvalue weighted by Gasteiger charge is -2.26. The smallest absolute Gasteiger partial charge is 0.222 e. The minimum absolute atomic E-state index is 0.148. The Morgan fingerprint density at radius 1 is 1.44 bits per heavy atom. The maximum atomic E-state index is 11.6. The van der Waals surface area contributed by atoms with Crippen molar-refractivity contribution in [2.24, 2.45) is 5.92 Å². The molecule has 1 heterocycles. The molecule has 1 fully saturated rings. The van der Waals surface area contributed by atoms with Gasteiger partial charge in [0, 0.05) is 32.1 Å². The number of carbonyl (C=O) groups is 1. The second kappa shape index (κ2) is 7.63. The topological polar surface area (TPSA) is 41.6 Å². The minimum atomic E-state index is 0.148. The Labute approximate surface area is 98.3 Å². The van der Waals surface area contributed by atoms with Crippen LogP contribution in [0.15, 0.2) is 0 Å². The van der Waals surface area contributed by atoms with Crippen LogP contribution in [0.1, 0.15) is 26.7 Å². The number of amides is 1. The molecule has 1 amide bonds. The van der Waals surface area contributed by atoms with Crippen molar-refractivity contribution in [3.05, 3.63) is 0 Å². The average Bonchev–Trinajstić information content (AvgIpc) is 2.30. The predicted molar refractivity (Wildman–Crippen MR) is 64.3 cm³/mol. The van der Waals surface area contributed by atoms with Gasteiger partial charge in [0.1, 0.15) is 0 Å². The van der Waals surface area contributed by atoms with E-state index in [-0.39, 0.29) is 11.8 Å². The van der Waals surface area contributed by atoms with Gasteiger partial charge in [0.25, 0.3) is 0 Å². The van der Waals surface area contributed by atoms with Crippen molar-refractivity contribution in [3.8, 4) is 0 Å². The van der Waals surface area contributed by atoms with Gasteiger partial charge in [-0.1, -0.05) is 20.3 Å². The molecule has 1 atom stereocenters. The van der Waals surface area contributed by atoms with Crippen molar-refractivity contribution in [2.75, 3.05) is 39.4 Å². The van der Waals surface area contributed by atoms with Crippen molar-refractivity contribution in [2.45, 2.75) is 26.7 Å². The molecule has 0 bridgehead atoms.